The second-order valence-electron chi connectivity index (χ2n) is 5.27. The third-order valence-corrected chi connectivity index (χ3v) is 3.89. The van der Waals surface area contributed by atoms with Gasteiger partial charge in [0.1, 0.15) is 11.5 Å². The van der Waals surface area contributed by atoms with E-state index < -0.39 is 11.9 Å². The number of halogens is 2. The maximum absolute atomic E-state index is 12.2. The van der Waals surface area contributed by atoms with E-state index >= 15 is 0 Å². The maximum Gasteiger partial charge on any atom is 0.343 e. The van der Waals surface area contributed by atoms with Crippen molar-refractivity contribution in [1.82, 2.24) is 0 Å². The van der Waals surface area contributed by atoms with Gasteiger partial charge in [0, 0.05) is 10.0 Å². The lowest BCUT2D eigenvalue weighted by molar-refractivity contribution is 0.0734. The highest BCUT2D eigenvalue weighted by Gasteiger charge is 2.14. The lowest BCUT2D eigenvalue weighted by Gasteiger charge is -2.07. The van der Waals surface area contributed by atoms with Crippen LogP contribution in [0.4, 0.5) is 0 Å². The molecule has 3 rings (SSSR count). The first-order valence-corrected chi connectivity index (χ1v) is 8.32. The minimum absolute atomic E-state index is 0.227. The van der Waals surface area contributed by atoms with Gasteiger partial charge in [0.05, 0.1) is 11.1 Å². The molecule has 0 unspecified atom stereocenters. The lowest BCUT2D eigenvalue weighted by atomic mass is 10.1. The van der Waals surface area contributed by atoms with Crippen molar-refractivity contribution in [1.29, 1.82) is 0 Å². The molecule has 0 aliphatic heterocycles. The highest BCUT2D eigenvalue weighted by molar-refractivity contribution is 6.30. The summed E-state index contributed by atoms with van der Waals surface area (Å²) in [6.45, 7) is 0. The summed E-state index contributed by atoms with van der Waals surface area (Å²) in [5, 5.41) is 1.08. The maximum atomic E-state index is 12.2. The molecule has 0 bridgehead atoms. The van der Waals surface area contributed by atoms with E-state index in [1.165, 1.54) is 6.07 Å². The number of carbonyl (C=O) groups is 2. The Hall–Kier alpha value is -2.82. The van der Waals surface area contributed by atoms with Crippen LogP contribution in [-0.4, -0.2) is 11.9 Å². The van der Waals surface area contributed by atoms with Crippen molar-refractivity contribution in [3.63, 3.8) is 0 Å². The van der Waals surface area contributed by atoms with Crippen molar-refractivity contribution in [3.8, 4) is 11.5 Å². The minimum Gasteiger partial charge on any atom is -0.423 e. The third-order valence-electron chi connectivity index (χ3n) is 3.38. The van der Waals surface area contributed by atoms with Crippen LogP contribution in [0.1, 0.15) is 20.7 Å². The number of hydrogen-bond donors (Lipinski definition) is 0. The molecule has 0 saturated heterocycles. The van der Waals surface area contributed by atoms with E-state index in [-0.39, 0.29) is 11.1 Å². The van der Waals surface area contributed by atoms with Crippen molar-refractivity contribution in [2.75, 3.05) is 0 Å². The van der Waals surface area contributed by atoms with Gasteiger partial charge in [-0.3, -0.25) is 0 Å². The van der Waals surface area contributed by atoms with Crippen molar-refractivity contribution >= 4 is 35.1 Å². The second-order valence-corrected chi connectivity index (χ2v) is 6.14. The fraction of sp³-hybridized carbons (Fsp3) is 0. The Bertz CT molecular complexity index is 860. The molecule has 0 fully saturated rings. The van der Waals surface area contributed by atoms with Crippen LogP contribution >= 0.6 is 23.2 Å². The molecule has 0 N–H and O–H groups in total. The van der Waals surface area contributed by atoms with Gasteiger partial charge in [-0.15, -0.1) is 0 Å². The fourth-order valence-electron chi connectivity index (χ4n) is 2.11. The van der Waals surface area contributed by atoms with Gasteiger partial charge < -0.3 is 9.47 Å². The molecule has 4 nitrogen and oxygen atoms in total. The van der Waals surface area contributed by atoms with E-state index in [2.05, 4.69) is 0 Å². The Labute approximate surface area is 159 Å². The molecule has 0 radical (unpaired) electrons. The quantitative estimate of drug-likeness (QED) is 0.442. The standard InChI is InChI=1S/C20H12Cl2O4/c21-15-4-8-17(9-5-15)25-19(23)13-2-1-3-14(12-13)20(24)26-18-10-6-16(22)7-11-18/h1-12H. The zero-order chi connectivity index (χ0) is 18.5. The Balaban J connectivity index is 1.72. The average molecular weight is 387 g/mol. The molecule has 0 aliphatic rings. The van der Waals surface area contributed by atoms with E-state index in [0.717, 1.165) is 0 Å². The Morgan fingerprint density at radius 2 is 1.00 bits per heavy atom. The van der Waals surface area contributed by atoms with Gasteiger partial charge in [0.25, 0.3) is 0 Å². The monoisotopic (exact) mass is 386 g/mol. The van der Waals surface area contributed by atoms with Crippen molar-refractivity contribution in [3.05, 3.63) is 94.0 Å². The molecular formula is C20H12Cl2O4. The van der Waals surface area contributed by atoms with Crippen LogP contribution in [0.3, 0.4) is 0 Å². The van der Waals surface area contributed by atoms with Crippen molar-refractivity contribution < 1.29 is 19.1 Å². The average Bonchev–Trinajstić information content (AvgIpc) is 2.65. The van der Waals surface area contributed by atoms with E-state index in [0.29, 0.717) is 21.5 Å². The van der Waals surface area contributed by atoms with Crippen molar-refractivity contribution in [2.24, 2.45) is 0 Å². The number of ether oxygens (including phenoxy) is 2. The Morgan fingerprint density at radius 3 is 1.38 bits per heavy atom. The topological polar surface area (TPSA) is 52.6 Å². The molecule has 0 atom stereocenters. The van der Waals surface area contributed by atoms with Crippen LogP contribution in [0.5, 0.6) is 11.5 Å². The summed E-state index contributed by atoms with van der Waals surface area (Å²) in [4.78, 5) is 24.5. The van der Waals surface area contributed by atoms with Crippen LogP contribution in [0.2, 0.25) is 10.0 Å². The van der Waals surface area contributed by atoms with Gasteiger partial charge in [-0.1, -0.05) is 29.3 Å². The molecule has 3 aromatic rings. The summed E-state index contributed by atoms with van der Waals surface area (Å²) >= 11 is 11.6. The van der Waals surface area contributed by atoms with Gasteiger partial charge in [-0.25, -0.2) is 9.59 Å². The molecule has 0 amide bonds. The SMILES string of the molecule is O=C(Oc1ccc(Cl)cc1)c1cccc(C(=O)Oc2ccc(Cl)cc2)c1. The van der Waals surface area contributed by atoms with Crippen LogP contribution in [0, 0.1) is 0 Å². The van der Waals surface area contributed by atoms with Crippen LogP contribution in [0.15, 0.2) is 72.8 Å². The zero-order valence-electron chi connectivity index (χ0n) is 13.3. The van der Waals surface area contributed by atoms with Crippen molar-refractivity contribution in [2.45, 2.75) is 0 Å². The summed E-state index contributed by atoms with van der Waals surface area (Å²) in [5.74, 6) is -0.469. The molecular weight excluding hydrogens is 375 g/mol. The molecule has 0 heterocycles. The van der Waals surface area contributed by atoms with Gasteiger partial charge in [0.2, 0.25) is 0 Å². The number of rotatable bonds is 4. The molecule has 130 valence electrons. The summed E-state index contributed by atoms with van der Waals surface area (Å²) in [6.07, 6.45) is 0. The largest absolute Gasteiger partial charge is 0.423 e. The highest BCUT2D eigenvalue weighted by atomic mass is 35.5. The molecule has 0 saturated carbocycles. The number of hydrogen-bond acceptors (Lipinski definition) is 4. The van der Waals surface area contributed by atoms with E-state index in [1.54, 1.807) is 66.7 Å². The van der Waals surface area contributed by atoms with Gasteiger partial charge in [-0.2, -0.15) is 0 Å². The minimum atomic E-state index is -0.589. The zero-order valence-corrected chi connectivity index (χ0v) is 14.8. The molecule has 0 aliphatic carbocycles. The molecule has 6 heteroatoms. The molecule has 0 spiro atoms. The van der Waals surface area contributed by atoms with Gasteiger partial charge >= 0.3 is 11.9 Å². The predicted octanol–water partition coefficient (Wildman–Crippen LogP) is 5.43. The lowest BCUT2D eigenvalue weighted by Crippen LogP contribution is -2.12. The summed E-state index contributed by atoms with van der Waals surface area (Å²) < 4.78 is 10.5. The number of benzene rings is 3. The summed E-state index contributed by atoms with van der Waals surface area (Å²) in [7, 11) is 0. The van der Waals surface area contributed by atoms with E-state index in [9.17, 15) is 9.59 Å². The smallest absolute Gasteiger partial charge is 0.343 e. The normalized spacial score (nSPS) is 10.2. The highest BCUT2D eigenvalue weighted by Crippen LogP contribution is 2.19. The number of carbonyl (C=O) groups excluding carboxylic acids is 2. The summed E-state index contributed by atoms with van der Waals surface area (Å²) in [5.41, 5.74) is 0.455. The molecule has 3 aromatic carbocycles. The van der Waals surface area contributed by atoms with Gasteiger partial charge in [0.15, 0.2) is 0 Å². The first-order chi connectivity index (χ1) is 12.5. The fourth-order valence-corrected chi connectivity index (χ4v) is 2.36. The Morgan fingerprint density at radius 1 is 0.615 bits per heavy atom. The van der Waals surface area contributed by atoms with Crippen LogP contribution in [-0.2, 0) is 0 Å². The molecule has 0 aromatic heterocycles. The van der Waals surface area contributed by atoms with E-state index in [1.807, 2.05) is 0 Å². The predicted molar refractivity (Wildman–Crippen MR) is 99.3 cm³/mol. The number of esters is 2. The first-order valence-electron chi connectivity index (χ1n) is 7.57. The Kier molecular flexibility index (Phi) is 5.56. The van der Waals surface area contributed by atoms with Crippen LogP contribution in [0.25, 0.3) is 0 Å². The first kappa shape index (κ1) is 18.0. The second kappa shape index (κ2) is 8.04. The van der Waals surface area contributed by atoms with Gasteiger partial charge in [-0.05, 0) is 66.7 Å². The summed E-state index contributed by atoms with van der Waals surface area (Å²) in [6, 6.07) is 18.9. The molecule has 26 heavy (non-hydrogen) atoms. The van der Waals surface area contributed by atoms with Crippen LogP contribution < -0.4 is 9.47 Å². The van der Waals surface area contributed by atoms with E-state index in [4.69, 9.17) is 32.7 Å². The third kappa shape index (κ3) is 4.63.